The predicted molar refractivity (Wildman–Crippen MR) is 87.4 cm³/mol. The average Bonchev–Trinajstić information content (AvgIpc) is 3.26. The van der Waals surface area contributed by atoms with Crippen molar-refractivity contribution < 1.29 is 9.90 Å². The summed E-state index contributed by atoms with van der Waals surface area (Å²) in [6.45, 7) is 3.85. The van der Waals surface area contributed by atoms with Gasteiger partial charge in [0.25, 0.3) is 0 Å². The van der Waals surface area contributed by atoms with Gasteiger partial charge in [-0.2, -0.15) is 0 Å². The van der Waals surface area contributed by atoms with Crippen molar-refractivity contribution in [2.45, 2.75) is 64.2 Å². The first kappa shape index (κ1) is 14.8. The van der Waals surface area contributed by atoms with Crippen LogP contribution in [0, 0.1) is 41.4 Å². The van der Waals surface area contributed by atoms with Crippen LogP contribution in [-0.2, 0) is 4.79 Å². The zero-order chi connectivity index (χ0) is 15.3. The smallest absolute Gasteiger partial charge is 0.330 e. The van der Waals surface area contributed by atoms with Crippen molar-refractivity contribution in [3.05, 3.63) is 12.2 Å². The Hall–Kier alpha value is -0.790. The van der Waals surface area contributed by atoms with Crippen molar-refractivity contribution in [1.82, 2.24) is 0 Å². The zero-order valence-electron chi connectivity index (χ0n) is 13.7. The molecule has 4 bridgehead atoms. The Labute approximate surface area is 134 Å². The fourth-order valence-electron chi connectivity index (χ4n) is 6.74. The molecule has 0 aromatic heterocycles. The number of hydrogen-bond donors (Lipinski definition) is 1. The standard InChI is InChI=1S/C20H30O2/c1-12(20(21)22)6-18(19-10-14-3-5-16(19)8-14)11-17-9-13-2-4-15(17)7-13/h13-19H,1-11H2,(H,21,22). The first-order chi connectivity index (χ1) is 10.6. The van der Waals surface area contributed by atoms with Crippen LogP contribution in [0.25, 0.3) is 0 Å². The highest BCUT2D eigenvalue weighted by atomic mass is 16.4. The molecule has 0 radical (unpaired) electrons. The molecule has 4 aliphatic carbocycles. The average molecular weight is 302 g/mol. The highest BCUT2D eigenvalue weighted by Gasteiger charge is 2.46. The van der Waals surface area contributed by atoms with Gasteiger partial charge < -0.3 is 5.11 Å². The van der Waals surface area contributed by atoms with E-state index in [-0.39, 0.29) is 0 Å². The number of carboxylic acids is 1. The fraction of sp³-hybridized carbons (Fsp3) is 0.850. The number of aliphatic carboxylic acids is 1. The Morgan fingerprint density at radius 1 is 1.00 bits per heavy atom. The molecule has 0 saturated heterocycles. The summed E-state index contributed by atoms with van der Waals surface area (Å²) >= 11 is 0. The number of carbonyl (C=O) groups is 1. The molecule has 0 aromatic rings. The number of carboxylic acid groups (broad SMARTS) is 1. The van der Waals surface area contributed by atoms with Gasteiger partial charge in [0.2, 0.25) is 0 Å². The molecule has 122 valence electrons. The fourth-order valence-corrected chi connectivity index (χ4v) is 6.74. The molecule has 0 amide bonds. The Bertz CT molecular complexity index is 468. The van der Waals surface area contributed by atoms with Crippen LogP contribution in [0.4, 0.5) is 0 Å². The second-order valence-corrected chi connectivity index (χ2v) is 8.88. The van der Waals surface area contributed by atoms with E-state index in [1.165, 1.54) is 57.8 Å². The highest BCUT2D eigenvalue weighted by Crippen LogP contribution is 2.56. The first-order valence-electron chi connectivity index (χ1n) is 9.51. The Balaban J connectivity index is 1.45. The molecular weight excluding hydrogens is 272 g/mol. The largest absolute Gasteiger partial charge is 0.478 e. The molecule has 0 spiro atoms. The minimum atomic E-state index is -0.777. The molecule has 0 heterocycles. The first-order valence-corrected chi connectivity index (χ1v) is 9.51. The van der Waals surface area contributed by atoms with Crippen LogP contribution >= 0.6 is 0 Å². The van der Waals surface area contributed by atoms with Crippen LogP contribution < -0.4 is 0 Å². The topological polar surface area (TPSA) is 37.3 Å². The van der Waals surface area contributed by atoms with E-state index < -0.39 is 5.97 Å². The van der Waals surface area contributed by atoms with E-state index >= 15 is 0 Å². The van der Waals surface area contributed by atoms with Crippen molar-refractivity contribution in [3.8, 4) is 0 Å². The zero-order valence-corrected chi connectivity index (χ0v) is 13.7. The lowest BCUT2D eigenvalue weighted by atomic mass is 9.71. The van der Waals surface area contributed by atoms with Crippen molar-refractivity contribution in [3.63, 3.8) is 0 Å². The maximum absolute atomic E-state index is 11.3. The number of hydrogen-bond acceptors (Lipinski definition) is 1. The maximum atomic E-state index is 11.3. The lowest BCUT2D eigenvalue weighted by molar-refractivity contribution is -0.133. The van der Waals surface area contributed by atoms with Gasteiger partial charge in [-0.15, -0.1) is 0 Å². The Kier molecular flexibility index (Phi) is 3.82. The van der Waals surface area contributed by atoms with Crippen LogP contribution in [0.2, 0.25) is 0 Å². The molecule has 7 unspecified atom stereocenters. The Morgan fingerprint density at radius 2 is 1.68 bits per heavy atom. The summed E-state index contributed by atoms with van der Waals surface area (Å²) in [6, 6.07) is 0. The van der Waals surface area contributed by atoms with Crippen molar-refractivity contribution >= 4 is 5.97 Å². The number of fused-ring (bicyclic) bond motifs is 4. The molecule has 7 atom stereocenters. The van der Waals surface area contributed by atoms with Gasteiger partial charge >= 0.3 is 5.97 Å². The minimum Gasteiger partial charge on any atom is -0.478 e. The summed E-state index contributed by atoms with van der Waals surface area (Å²) in [6.07, 6.45) is 13.5. The summed E-state index contributed by atoms with van der Waals surface area (Å²) in [7, 11) is 0. The third-order valence-corrected chi connectivity index (χ3v) is 7.70. The second kappa shape index (κ2) is 5.69. The minimum absolute atomic E-state index is 0.455. The van der Waals surface area contributed by atoms with Gasteiger partial charge in [0.15, 0.2) is 0 Å². The predicted octanol–water partition coefficient (Wildman–Crippen LogP) is 4.90. The van der Waals surface area contributed by atoms with E-state index in [1.807, 2.05) is 0 Å². The van der Waals surface area contributed by atoms with Crippen LogP contribution in [-0.4, -0.2) is 11.1 Å². The molecule has 0 aromatic carbocycles. The summed E-state index contributed by atoms with van der Waals surface area (Å²) < 4.78 is 0. The van der Waals surface area contributed by atoms with E-state index in [9.17, 15) is 9.90 Å². The summed E-state index contributed by atoms with van der Waals surface area (Å²) in [4.78, 5) is 11.3. The quantitative estimate of drug-likeness (QED) is 0.709. The molecule has 1 N–H and O–H groups in total. The summed E-state index contributed by atoms with van der Waals surface area (Å²) in [5, 5.41) is 9.27. The summed E-state index contributed by atoms with van der Waals surface area (Å²) in [5.74, 6) is 5.33. The van der Waals surface area contributed by atoms with Crippen molar-refractivity contribution in [1.29, 1.82) is 0 Å². The number of rotatable bonds is 6. The van der Waals surface area contributed by atoms with Gasteiger partial charge in [0.1, 0.15) is 0 Å². The Morgan fingerprint density at radius 3 is 2.18 bits per heavy atom. The van der Waals surface area contributed by atoms with E-state index in [0.717, 1.165) is 41.9 Å². The molecular formula is C20H30O2. The molecule has 0 aliphatic heterocycles. The highest BCUT2D eigenvalue weighted by molar-refractivity contribution is 5.85. The second-order valence-electron chi connectivity index (χ2n) is 8.88. The van der Waals surface area contributed by atoms with Crippen molar-refractivity contribution in [2.75, 3.05) is 0 Å². The van der Waals surface area contributed by atoms with E-state index in [1.54, 1.807) is 0 Å². The van der Waals surface area contributed by atoms with Crippen LogP contribution in [0.1, 0.15) is 64.2 Å². The molecule has 4 saturated carbocycles. The maximum Gasteiger partial charge on any atom is 0.330 e. The van der Waals surface area contributed by atoms with Gasteiger partial charge in [0.05, 0.1) is 0 Å². The van der Waals surface area contributed by atoms with Gasteiger partial charge in [-0.1, -0.05) is 19.4 Å². The lowest BCUT2D eigenvalue weighted by Gasteiger charge is -2.34. The van der Waals surface area contributed by atoms with E-state index in [0.29, 0.717) is 11.5 Å². The third-order valence-electron chi connectivity index (χ3n) is 7.70. The summed E-state index contributed by atoms with van der Waals surface area (Å²) in [5.41, 5.74) is 0.455. The monoisotopic (exact) mass is 302 g/mol. The molecule has 4 aliphatic rings. The molecule has 2 heteroatoms. The van der Waals surface area contributed by atoms with Gasteiger partial charge in [-0.3, -0.25) is 0 Å². The molecule has 22 heavy (non-hydrogen) atoms. The van der Waals surface area contributed by atoms with Gasteiger partial charge in [-0.05, 0) is 92.8 Å². The van der Waals surface area contributed by atoms with Crippen LogP contribution in [0.15, 0.2) is 12.2 Å². The molecule has 4 rings (SSSR count). The van der Waals surface area contributed by atoms with Gasteiger partial charge in [-0.25, -0.2) is 4.79 Å². The van der Waals surface area contributed by atoms with E-state index in [4.69, 9.17) is 0 Å². The van der Waals surface area contributed by atoms with Crippen LogP contribution in [0.3, 0.4) is 0 Å². The van der Waals surface area contributed by atoms with Crippen molar-refractivity contribution in [2.24, 2.45) is 41.4 Å². The normalized spacial score (nSPS) is 43.6. The van der Waals surface area contributed by atoms with Gasteiger partial charge in [0, 0.05) is 5.57 Å². The SMILES string of the molecule is C=C(CC(CC1CC2CCC1C2)C1CC2CCC1C2)C(=O)O. The van der Waals surface area contributed by atoms with Crippen LogP contribution in [0.5, 0.6) is 0 Å². The third kappa shape index (κ3) is 2.63. The van der Waals surface area contributed by atoms with E-state index in [2.05, 4.69) is 6.58 Å². The lowest BCUT2D eigenvalue weighted by Crippen LogP contribution is -2.26. The molecule has 2 nitrogen and oxygen atoms in total. The molecule has 4 fully saturated rings.